The monoisotopic (exact) mass is 667 g/mol. The van der Waals surface area contributed by atoms with Gasteiger partial charge in [0.2, 0.25) is 0 Å². The van der Waals surface area contributed by atoms with Crippen molar-refractivity contribution in [2.24, 2.45) is 0 Å². The molecule has 0 aromatic heterocycles. The third-order valence-electron chi connectivity index (χ3n) is 9.11. The van der Waals surface area contributed by atoms with Gasteiger partial charge in [0.05, 0.1) is 0 Å². The van der Waals surface area contributed by atoms with Gasteiger partial charge >= 0.3 is 17.9 Å². The van der Waals surface area contributed by atoms with Crippen molar-refractivity contribution in [3.8, 4) is 0 Å². The molecule has 6 heteroatoms. The summed E-state index contributed by atoms with van der Waals surface area (Å²) in [6.45, 7) is 6.59. The molecule has 0 aromatic carbocycles. The van der Waals surface area contributed by atoms with Gasteiger partial charge in [-0.05, 0) is 19.3 Å². The van der Waals surface area contributed by atoms with Gasteiger partial charge in [-0.1, -0.05) is 188 Å². The van der Waals surface area contributed by atoms with Crippen molar-refractivity contribution in [3.63, 3.8) is 0 Å². The molecule has 0 fully saturated rings. The number of esters is 3. The second kappa shape index (κ2) is 37.2. The number of ether oxygens (including phenoxy) is 3. The lowest BCUT2D eigenvalue weighted by molar-refractivity contribution is -0.167. The number of hydrogen-bond donors (Lipinski definition) is 0. The summed E-state index contributed by atoms with van der Waals surface area (Å²) in [5, 5.41) is 0. The number of hydrogen-bond acceptors (Lipinski definition) is 6. The third kappa shape index (κ3) is 35.5. The maximum absolute atomic E-state index is 12.6. The van der Waals surface area contributed by atoms with E-state index in [9.17, 15) is 14.4 Å². The predicted molar refractivity (Wildman–Crippen MR) is 197 cm³/mol. The van der Waals surface area contributed by atoms with Crippen LogP contribution in [0.3, 0.4) is 0 Å². The Balaban J connectivity index is 4.34. The summed E-state index contributed by atoms with van der Waals surface area (Å²) in [7, 11) is 0. The van der Waals surface area contributed by atoms with Crippen LogP contribution >= 0.6 is 0 Å². The molecule has 0 saturated carbocycles. The summed E-state index contributed by atoms with van der Waals surface area (Å²) in [5.74, 6) is -0.864. The van der Waals surface area contributed by atoms with Gasteiger partial charge in [-0.2, -0.15) is 0 Å². The number of rotatable bonds is 37. The lowest BCUT2D eigenvalue weighted by Gasteiger charge is -2.18. The Morgan fingerprint density at radius 2 is 0.574 bits per heavy atom. The molecular formula is C41H78O6. The SMILES string of the molecule is CCCCCCCCCCCCC(=O)OCC(COC(=O)CCCCCCCCCCC)OC(=O)CCCCCCCCCCCC. The predicted octanol–water partition coefficient (Wildman–Crippen LogP) is 12.5. The van der Waals surface area contributed by atoms with E-state index in [2.05, 4.69) is 20.8 Å². The maximum Gasteiger partial charge on any atom is 0.306 e. The molecular weight excluding hydrogens is 588 g/mol. The Morgan fingerprint density at radius 1 is 0.340 bits per heavy atom. The van der Waals surface area contributed by atoms with Crippen molar-refractivity contribution in [1.29, 1.82) is 0 Å². The van der Waals surface area contributed by atoms with Gasteiger partial charge in [-0.25, -0.2) is 0 Å². The van der Waals surface area contributed by atoms with Gasteiger partial charge in [0, 0.05) is 19.3 Å². The van der Waals surface area contributed by atoms with Crippen LogP contribution in [0.15, 0.2) is 0 Å². The highest BCUT2D eigenvalue weighted by Crippen LogP contribution is 2.15. The summed E-state index contributed by atoms with van der Waals surface area (Å²) in [6.07, 6.45) is 35.1. The van der Waals surface area contributed by atoms with Crippen molar-refractivity contribution in [1.82, 2.24) is 0 Å². The van der Waals surface area contributed by atoms with Crippen LogP contribution in [-0.2, 0) is 28.6 Å². The molecule has 0 radical (unpaired) electrons. The quantitative estimate of drug-likeness (QED) is 0.0373. The standard InChI is InChI=1S/C41H78O6/c1-4-7-10-13-16-19-22-25-28-31-34-40(43)46-37-38(36-45-39(42)33-30-27-24-21-18-15-12-9-6-3)47-41(44)35-32-29-26-23-20-17-14-11-8-5-2/h38H,4-37H2,1-3H3. The van der Waals surface area contributed by atoms with Crippen LogP contribution in [0.4, 0.5) is 0 Å². The van der Waals surface area contributed by atoms with Gasteiger partial charge in [-0.15, -0.1) is 0 Å². The molecule has 1 atom stereocenters. The molecule has 0 aliphatic rings. The van der Waals surface area contributed by atoms with E-state index in [1.165, 1.54) is 128 Å². The van der Waals surface area contributed by atoms with E-state index in [0.717, 1.165) is 57.8 Å². The zero-order valence-electron chi connectivity index (χ0n) is 31.6. The van der Waals surface area contributed by atoms with Gasteiger partial charge in [0.1, 0.15) is 13.2 Å². The van der Waals surface area contributed by atoms with Gasteiger partial charge in [0.25, 0.3) is 0 Å². The molecule has 0 N–H and O–H groups in total. The molecule has 0 bridgehead atoms. The van der Waals surface area contributed by atoms with Crippen LogP contribution in [0.2, 0.25) is 0 Å². The summed E-state index contributed by atoms with van der Waals surface area (Å²) >= 11 is 0. The molecule has 0 rings (SSSR count). The number of carbonyl (C=O) groups excluding carboxylic acids is 3. The Labute approximate surface area is 291 Å². The highest BCUT2D eigenvalue weighted by molar-refractivity contribution is 5.71. The highest BCUT2D eigenvalue weighted by atomic mass is 16.6. The van der Waals surface area contributed by atoms with Crippen molar-refractivity contribution < 1.29 is 28.6 Å². The first-order chi connectivity index (χ1) is 23.0. The van der Waals surface area contributed by atoms with Crippen LogP contribution in [-0.4, -0.2) is 37.2 Å². The Hall–Kier alpha value is -1.59. The summed E-state index contributed by atoms with van der Waals surface area (Å²) in [4.78, 5) is 37.4. The molecule has 1 unspecified atom stereocenters. The minimum absolute atomic E-state index is 0.0638. The zero-order valence-corrected chi connectivity index (χ0v) is 31.6. The normalized spacial score (nSPS) is 11.8. The summed E-state index contributed by atoms with van der Waals surface area (Å²) in [6, 6.07) is 0. The average Bonchev–Trinajstić information content (AvgIpc) is 3.06. The van der Waals surface area contributed by atoms with Crippen LogP contribution in [0, 0.1) is 0 Å². The third-order valence-corrected chi connectivity index (χ3v) is 9.11. The zero-order chi connectivity index (χ0) is 34.5. The van der Waals surface area contributed by atoms with Crippen LogP contribution in [0.25, 0.3) is 0 Å². The summed E-state index contributed by atoms with van der Waals surface area (Å²) < 4.78 is 16.6. The van der Waals surface area contributed by atoms with Gasteiger partial charge in [-0.3, -0.25) is 14.4 Å². The lowest BCUT2D eigenvalue weighted by atomic mass is 10.1. The molecule has 0 amide bonds. The van der Waals surface area contributed by atoms with Gasteiger partial charge in [0.15, 0.2) is 6.10 Å². The molecule has 0 spiro atoms. The van der Waals surface area contributed by atoms with E-state index >= 15 is 0 Å². The first-order valence-corrected chi connectivity index (χ1v) is 20.5. The van der Waals surface area contributed by atoms with E-state index in [1.807, 2.05) is 0 Å². The molecule has 0 aliphatic carbocycles. The Bertz CT molecular complexity index is 693. The molecule has 0 aliphatic heterocycles. The lowest BCUT2D eigenvalue weighted by Crippen LogP contribution is -2.30. The largest absolute Gasteiger partial charge is 0.462 e. The van der Waals surface area contributed by atoms with E-state index < -0.39 is 6.10 Å². The van der Waals surface area contributed by atoms with Crippen molar-refractivity contribution in [3.05, 3.63) is 0 Å². The second-order valence-electron chi connectivity index (χ2n) is 13.9. The fraction of sp³-hybridized carbons (Fsp3) is 0.927. The Morgan fingerprint density at radius 3 is 0.851 bits per heavy atom. The van der Waals surface area contributed by atoms with Crippen molar-refractivity contribution >= 4 is 17.9 Å². The molecule has 0 heterocycles. The van der Waals surface area contributed by atoms with Crippen LogP contribution < -0.4 is 0 Å². The smallest absolute Gasteiger partial charge is 0.306 e. The fourth-order valence-electron chi connectivity index (χ4n) is 5.97. The minimum Gasteiger partial charge on any atom is -0.462 e. The molecule has 47 heavy (non-hydrogen) atoms. The second-order valence-corrected chi connectivity index (χ2v) is 13.9. The van der Waals surface area contributed by atoms with E-state index in [0.29, 0.717) is 19.3 Å². The highest BCUT2D eigenvalue weighted by Gasteiger charge is 2.19. The molecule has 278 valence electrons. The molecule has 0 aromatic rings. The van der Waals surface area contributed by atoms with Crippen molar-refractivity contribution in [2.75, 3.05) is 13.2 Å². The molecule has 0 saturated heterocycles. The fourth-order valence-corrected chi connectivity index (χ4v) is 5.97. The average molecular weight is 667 g/mol. The van der Waals surface area contributed by atoms with Crippen molar-refractivity contribution in [2.45, 2.75) is 232 Å². The van der Waals surface area contributed by atoms with Crippen LogP contribution in [0.1, 0.15) is 226 Å². The molecule has 6 nitrogen and oxygen atoms in total. The van der Waals surface area contributed by atoms with E-state index in [-0.39, 0.29) is 31.1 Å². The number of carbonyl (C=O) groups is 3. The maximum atomic E-state index is 12.6. The topological polar surface area (TPSA) is 78.9 Å². The van der Waals surface area contributed by atoms with E-state index in [4.69, 9.17) is 14.2 Å². The van der Waals surface area contributed by atoms with Crippen LogP contribution in [0.5, 0.6) is 0 Å². The van der Waals surface area contributed by atoms with Gasteiger partial charge < -0.3 is 14.2 Å². The van der Waals surface area contributed by atoms with E-state index in [1.54, 1.807) is 0 Å². The first kappa shape index (κ1) is 45.4. The Kier molecular flexibility index (Phi) is 36.0. The minimum atomic E-state index is -0.755. The first-order valence-electron chi connectivity index (χ1n) is 20.5. The number of unbranched alkanes of at least 4 members (excludes halogenated alkanes) is 26. The summed E-state index contributed by atoms with van der Waals surface area (Å²) in [5.41, 5.74) is 0.